The van der Waals surface area contributed by atoms with Crippen molar-refractivity contribution in [3.63, 3.8) is 0 Å². The van der Waals surface area contributed by atoms with Gasteiger partial charge >= 0.3 is 11.9 Å². The normalized spacial score (nSPS) is 12.2. The van der Waals surface area contributed by atoms with E-state index in [0.717, 1.165) is 0 Å². The van der Waals surface area contributed by atoms with Gasteiger partial charge in [0.15, 0.2) is 34.2 Å². The largest absolute Gasteiger partial charge is 0.493 e. The molecule has 170 valence electrons. The number of benzene rings is 2. The molecule has 0 radical (unpaired) electrons. The summed E-state index contributed by atoms with van der Waals surface area (Å²) in [6, 6.07) is 7.25. The summed E-state index contributed by atoms with van der Waals surface area (Å²) in [5, 5.41) is 19.8. The number of rotatable bonds is 10. The smallest absolute Gasteiger partial charge is 0.321 e. The van der Waals surface area contributed by atoms with E-state index in [-0.39, 0.29) is 35.2 Å². The molecule has 0 fully saturated rings. The Balaban J connectivity index is 1.99. The maximum absolute atomic E-state index is 12.9. The van der Waals surface area contributed by atoms with Gasteiger partial charge in [-0.2, -0.15) is 0 Å². The van der Waals surface area contributed by atoms with Crippen molar-refractivity contribution < 1.29 is 48.3 Å². The molecule has 32 heavy (non-hydrogen) atoms. The number of ketones is 1. The molecule has 2 aromatic rings. The number of carbonyl (C=O) groups excluding carboxylic acids is 1. The van der Waals surface area contributed by atoms with Crippen molar-refractivity contribution in [2.24, 2.45) is 5.41 Å². The highest BCUT2D eigenvalue weighted by Crippen LogP contribution is 2.41. The lowest BCUT2D eigenvalue weighted by Gasteiger charge is -2.25. The van der Waals surface area contributed by atoms with E-state index in [1.54, 1.807) is 0 Å². The predicted molar refractivity (Wildman–Crippen MR) is 109 cm³/mol. The Morgan fingerprint density at radius 3 is 2.03 bits per heavy atom. The fourth-order valence-electron chi connectivity index (χ4n) is 3.49. The van der Waals surface area contributed by atoms with Crippen molar-refractivity contribution in [2.45, 2.75) is 12.8 Å². The van der Waals surface area contributed by atoms with Crippen molar-refractivity contribution in [3.05, 3.63) is 41.5 Å². The first-order chi connectivity index (χ1) is 15.2. The highest BCUT2D eigenvalue weighted by Gasteiger charge is 2.48. The Labute approximate surface area is 183 Å². The maximum Gasteiger partial charge on any atom is 0.321 e. The Morgan fingerprint density at radius 2 is 1.50 bits per heavy atom. The summed E-state index contributed by atoms with van der Waals surface area (Å²) in [6.07, 6.45) is -1.28. The van der Waals surface area contributed by atoms with Gasteiger partial charge in [-0.05, 0) is 42.3 Å². The summed E-state index contributed by atoms with van der Waals surface area (Å²) < 4.78 is 26.2. The zero-order valence-electron chi connectivity index (χ0n) is 17.7. The van der Waals surface area contributed by atoms with Crippen LogP contribution in [0, 0.1) is 5.41 Å². The van der Waals surface area contributed by atoms with Crippen LogP contribution in [0.25, 0.3) is 0 Å². The second kappa shape index (κ2) is 9.04. The Morgan fingerprint density at radius 1 is 0.906 bits per heavy atom. The summed E-state index contributed by atoms with van der Waals surface area (Å²) in [4.78, 5) is 37.3. The fraction of sp³-hybridized carbons (Fsp3) is 0.318. The lowest BCUT2D eigenvalue weighted by molar-refractivity contribution is -0.164. The second-order valence-electron chi connectivity index (χ2n) is 7.07. The molecule has 0 saturated heterocycles. The van der Waals surface area contributed by atoms with Crippen LogP contribution >= 0.6 is 0 Å². The van der Waals surface area contributed by atoms with Crippen LogP contribution in [0.15, 0.2) is 30.3 Å². The van der Waals surface area contributed by atoms with E-state index in [2.05, 4.69) is 0 Å². The van der Waals surface area contributed by atoms with Gasteiger partial charge in [0.2, 0.25) is 12.5 Å². The molecule has 0 spiro atoms. The van der Waals surface area contributed by atoms with Gasteiger partial charge in [-0.1, -0.05) is 0 Å². The first-order valence-corrected chi connectivity index (χ1v) is 9.44. The molecule has 0 aromatic heterocycles. The van der Waals surface area contributed by atoms with Gasteiger partial charge in [-0.25, -0.2) is 0 Å². The predicted octanol–water partition coefficient (Wildman–Crippen LogP) is 2.41. The average molecular weight is 446 g/mol. The SMILES string of the molecule is COc1cc(CC(CC(=O)c2ccc3c(c2)OCO3)(C(=O)O)C(=O)O)cc(OC)c1OC. The van der Waals surface area contributed by atoms with Gasteiger partial charge in [0.05, 0.1) is 21.3 Å². The minimum absolute atomic E-state index is 0.00228. The molecule has 10 nitrogen and oxygen atoms in total. The summed E-state index contributed by atoms with van der Waals surface area (Å²) in [6.45, 7) is 0.00228. The lowest BCUT2D eigenvalue weighted by Crippen LogP contribution is -2.43. The number of Topliss-reactive ketones (excluding diaryl/α,β-unsaturated/α-hetero) is 1. The molecule has 1 aliphatic rings. The van der Waals surface area contributed by atoms with Gasteiger partial charge in [0, 0.05) is 12.0 Å². The van der Waals surface area contributed by atoms with Crippen LogP contribution in [-0.2, 0) is 16.0 Å². The molecule has 2 N–H and O–H groups in total. The highest BCUT2D eigenvalue weighted by atomic mass is 16.7. The monoisotopic (exact) mass is 446 g/mol. The van der Waals surface area contributed by atoms with E-state index in [1.165, 1.54) is 51.7 Å². The van der Waals surface area contributed by atoms with E-state index >= 15 is 0 Å². The van der Waals surface area contributed by atoms with E-state index in [1.807, 2.05) is 0 Å². The third kappa shape index (κ3) is 4.11. The first-order valence-electron chi connectivity index (χ1n) is 9.44. The topological polar surface area (TPSA) is 138 Å². The molecule has 0 atom stereocenters. The van der Waals surface area contributed by atoms with Crippen LogP contribution < -0.4 is 23.7 Å². The Hall–Kier alpha value is -3.95. The van der Waals surface area contributed by atoms with Gasteiger partial charge in [0.25, 0.3) is 0 Å². The number of carbonyl (C=O) groups is 3. The van der Waals surface area contributed by atoms with Crippen molar-refractivity contribution in [1.29, 1.82) is 0 Å². The van der Waals surface area contributed by atoms with Crippen LogP contribution in [0.2, 0.25) is 0 Å². The van der Waals surface area contributed by atoms with E-state index in [4.69, 9.17) is 23.7 Å². The summed E-state index contributed by atoms with van der Waals surface area (Å²) >= 11 is 0. The first kappa shape index (κ1) is 22.7. The van der Waals surface area contributed by atoms with Gasteiger partial charge < -0.3 is 33.9 Å². The van der Waals surface area contributed by atoms with Gasteiger partial charge in [0.1, 0.15) is 0 Å². The minimum atomic E-state index is -2.43. The van der Waals surface area contributed by atoms with E-state index in [0.29, 0.717) is 11.5 Å². The molecular formula is C22H22O10. The molecule has 0 saturated carbocycles. The molecule has 3 rings (SSSR count). The number of aliphatic carboxylic acids is 2. The fourth-order valence-corrected chi connectivity index (χ4v) is 3.49. The number of carboxylic acids is 2. The number of methoxy groups -OCH3 is 3. The Bertz CT molecular complexity index is 1020. The molecule has 2 aromatic carbocycles. The van der Waals surface area contributed by atoms with E-state index < -0.39 is 36.0 Å². The summed E-state index contributed by atoms with van der Waals surface area (Å²) in [5.41, 5.74) is -2.04. The van der Waals surface area contributed by atoms with Gasteiger partial charge in [-0.15, -0.1) is 0 Å². The molecule has 0 amide bonds. The highest BCUT2D eigenvalue weighted by molar-refractivity contribution is 6.07. The molecule has 0 aliphatic carbocycles. The van der Waals surface area contributed by atoms with Crippen LogP contribution in [0.3, 0.4) is 0 Å². The van der Waals surface area contributed by atoms with Crippen molar-refractivity contribution >= 4 is 17.7 Å². The number of hydrogen-bond acceptors (Lipinski definition) is 8. The molecule has 0 bridgehead atoms. The van der Waals surface area contributed by atoms with Crippen LogP contribution in [-0.4, -0.2) is 56.1 Å². The molecule has 0 unspecified atom stereocenters. The lowest BCUT2D eigenvalue weighted by atomic mass is 9.76. The maximum atomic E-state index is 12.9. The molecule has 1 heterocycles. The average Bonchev–Trinajstić information content (AvgIpc) is 3.25. The van der Waals surface area contributed by atoms with Gasteiger partial charge in [-0.3, -0.25) is 14.4 Å². The molecule has 1 aliphatic heterocycles. The van der Waals surface area contributed by atoms with Crippen LogP contribution in [0.4, 0.5) is 0 Å². The third-order valence-corrected chi connectivity index (χ3v) is 5.21. The van der Waals surface area contributed by atoms with Crippen LogP contribution in [0.5, 0.6) is 28.7 Å². The zero-order valence-corrected chi connectivity index (χ0v) is 17.7. The number of fused-ring (bicyclic) bond motifs is 1. The molecular weight excluding hydrogens is 424 g/mol. The van der Waals surface area contributed by atoms with Crippen molar-refractivity contribution in [1.82, 2.24) is 0 Å². The summed E-state index contributed by atoms with van der Waals surface area (Å²) in [5.74, 6) is -2.45. The van der Waals surface area contributed by atoms with Crippen LogP contribution in [0.1, 0.15) is 22.3 Å². The van der Waals surface area contributed by atoms with Crippen molar-refractivity contribution in [2.75, 3.05) is 28.1 Å². The third-order valence-electron chi connectivity index (χ3n) is 5.21. The minimum Gasteiger partial charge on any atom is -0.493 e. The van der Waals surface area contributed by atoms with Crippen molar-refractivity contribution in [3.8, 4) is 28.7 Å². The number of carboxylic acid groups (broad SMARTS) is 2. The second-order valence-corrected chi connectivity index (χ2v) is 7.07. The molecule has 10 heteroatoms. The zero-order chi connectivity index (χ0) is 23.5. The summed E-state index contributed by atoms with van der Waals surface area (Å²) in [7, 11) is 4.17. The Kier molecular flexibility index (Phi) is 6.42. The van der Waals surface area contributed by atoms with E-state index in [9.17, 15) is 24.6 Å². The number of ether oxygens (including phenoxy) is 5. The number of hydrogen-bond donors (Lipinski definition) is 2. The standard InChI is InChI=1S/C22H22O10/c1-28-17-6-12(7-18(29-2)19(17)30-3)9-22(20(24)25,21(26)27)10-14(23)13-4-5-15-16(8-13)32-11-31-15/h4-8H,9-11H2,1-3H3,(H,24,25)(H,26,27). The quantitative estimate of drug-likeness (QED) is 0.413.